The molecule has 0 unspecified atom stereocenters. The number of rotatable bonds is 7. The van der Waals surface area contributed by atoms with Crippen LogP contribution in [0, 0.1) is 0 Å². The second-order valence-corrected chi connectivity index (χ2v) is 6.10. The van der Waals surface area contributed by atoms with Crippen molar-refractivity contribution in [3.05, 3.63) is 59.9 Å². The van der Waals surface area contributed by atoms with Gasteiger partial charge in [0.25, 0.3) is 5.91 Å². The fourth-order valence-corrected chi connectivity index (χ4v) is 2.68. The Hall–Kier alpha value is -3.48. The van der Waals surface area contributed by atoms with E-state index in [2.05, 4.69) is 5.32 Å². The second-order valence-electron chi connectivity index (χ2n) is 6.10. The summed E-state index contributed by atoms with van der Waals surface area (Å²) < 4.78 is 21.1. The molecule has 0 spiro atoms. The third-order valence-electron chi connectivity index (χ3n) is 4.19. The molecule has 1 heterocycles. The van der Waals surface area contributed by atoms with Crippen LogP contribution < -0.4 is 14.8 Å². The van der Waals surface area contributed by atoms with Crippen molar-refractivity contribution in [1.29, 1.82) is 0 Å². The third kappa shape index (κ3) is 4.25. The van der Waals surface area contributed by atoms with Gasteiger partial charge in [-0.3, -0.25) is 4.79 Å². The fourth-order valence-electron chi connectivity index (χ4n) is 2.68. The van der Waals surface area contributed by atoms with Gasteiger partial charge in [0.05, 0.1) is 14.2 Å². The molecule has 1 amide bonds. The van der Waals surface area contributed by atoms with E-state index >= 15 is 0 Å². The predicted octanol–water partition coefficient (Wildman–Crippen LogP) is 3.31. The number of benzene rings is 2. The average molecular weight is 383 g/mol. The van der Waals surface area contributed by atoms with Crippen molar-refractivity contribution in [2.75, 3.05) is 14.2 Å². The van der Waals surface area contributed by atoms with E-state index in [1.807, 2.05) is 24.3 Å². The lowest BCUT2D eigenvalue weighted by molar-refractivity contribution is -0.129. The molecule has 0 fully saturated rings. The van der Waals surface area contributed by atoms with Gasteiger partial charge in [-0.25, -0.2) is 4.79 Å². The van der Waals surface area contributed by atoms with Crippen LogP contribution in [0.3, 0.4) is 0 Å². The quantitative estimate of drug-likeness (QED) is 0.630. The molecule has 2 aromatic carbocycles. The summed E-state index contributed by atoms with van der Waals surface area (Å²) in [6, 6.07) is 14.2. The summed E-state index contributed by atoms with van der Waals surface area (Å²) in [6.07, 6.45) is -0.971. The molecule has 7 nitrogen and oxygen atoms in total. The van der Waals surface area contributed by atoms with Gasteiger partial charge in [-0.2, -0.15) is 0 Å². The van der Waals surface area contributed by atoms with E-state index in [9.17, 15) is 9.59 Å². The third-order valence-corrected chi connectivity index (χ3v) is 4.19. The first-order chi connectivity index (χ1) is 13.5. The van der Waals surface area contributed by atoms with E-state index in [1.165, 1.54) is 6.92 Å². The van der Waals surface area contributed by atoms with E-state index in [-0.39, 0.29) is 12.3 Å². The molecule has 1 aromatic heterocycles. The van der Waals surface area contributed by atoms with Crippen molar-refractivity contribution < 1.29 is 28.2 Å². The van der Waals surface area contributed by atoms with Crippen LogP contribution in [0.15, 0.2) is 52.9 Å². The summed E-state index contributed by atoms with van der Waals surface area (Å²) in [7, 11) is 3.09. The maximum atomic E-state index is 12.3. The molecule has 3 aromatic rings. The molecular formula is C21H21NO6. The number of furan rings is 1. The number of amides is 1. The molecule has 1 atom stereocenters. The van der Waals surface area contributed by atoms with Gasteiger partial charge < -0.3 is 23.9 Å². The van der Waals surface area contributed by atoms with E-state index in [0.29, 0.717) is 17.1 Å². The van der Waals surface area contributed by atoms with Gasteiger partial charge in [0, 0.05) is 11.9 Å². The van der Waals surface area contributed by atoms with Crippen molar-refractivity contribution in [2.24, 2.45) is 0 Å². The Bertz CT molecular complexity index is 960. The SMILES string of the molecule is COc1ccc(CNC(=O)[C@H](C)OC(=O)c2cc3ccccc3o2)cc1OC. The normalized spacial score (nSPS) is 11.7. The Balaban J connectivity index is 1.57. The Morgan fingerprint density at radius 3 is 2.50 bits per heavy atom. The minimum Gasteiger partial charge on any atom is -0.493 e. The minimum absolute atomic E-state index is 0.0562. The van der Waals surface area contributed by atoms with Crippen LogP contribution in [0.2, 0.25) is 0 Å². The Labute approximate surface area is 162 Å². The van der Waals surface area contributed by atoms with Gasteiger partial charge >= 0.3 is 5.97 Å². The minimum atomic E-state index is -0.971. The first kappa shape index (κ1) is 19.3. The fraction of sp³-hybridized carbons (Fsp3) is 0.238. The largest absolute Gasteiger partial charge is 0.493 e. The average Bonchev–Trinajstić information content (AvgIpc) is 3.16. The highest BCUT2D eigenvalue weighted by Crippen LogP contribution is 2.27. The number of ether oxygens (including phenoxy) is 3. The summed E-state index contributed by atoms with van der Waals surface area (Å²) >= 11 is 0. The highest BCUT2D eigenvalue weighted by Gasteiger charge is 2.21. The molecule has 0 bridgehead atoms. The lowest BCUT2D eigenvalue weighted by Gasteiger charge is -2.14. The molecule has 1 N–H and O–H groups in total. The van der Waals surface area contributed by atoms with Crippen LogP contribution in [0.5, 0.6) is 11.5 Å². The molecule has 146 valence electrons. The van der Waals surface area contributed by atoms with E-state index in [4.69, 9.17) is 18.6 Å². The number of carbonyl (C=O) groups excluding carboxylic acids is 2. The summed E-state index contributed by atoms with van der Waals surface area (Å²) in [5.41, 5.74) is 1.40. The van der Waals surface area contributed by atoms with Crippen LogP contribution in [-0.4, -0.2) is 32.2 Å². The van der Waals surface area contributed by atoms with E-state index < -0.39 is 18.0 Å². The van der Waals surface area contributed by atoms with E-state index in [1.54, 1.807) is 38.5 Å². The summed E-state index contributed by atoms with van der Waals surface area (Å²) in [5, 5.41) is 3.52. The van der Waals surface area contributed by atoms with Crippen molar-refractivity contribution in [3.63, 3.8) is 0 Å². The Morgan fingerprint density at radius 1 is 1.04 bits per heavy atom. The number of carbonyl (C=O) groups is 2. The van der Waals surface area contributed by atoms with Crippen LogP contribution >= 0.6 is 0 Å². The summed E-state index contributed by atoms with van der Waals surface area (Å²) in [6.45, 7) is 1.76. The number of para-hydroxylation sites is 1. The maximum absolute atomic E-state index is 12.3. The standard InChI is InChI=1S/C21H21NO6/c1-13(27-21(24)19-11-15-6-4-5-7-16(15)28-19)20(23)22-12-14-8-9-17(25-2)18(10-14)26-3/h4-11,13H,12H2,1-3H3,(H,22,23)/t13-/m0/s1. The Kier molecular flexibility index (Phi) is 5.84. The van der Waals surface area contributed by atoms with Gasteiger partial charge in [0.2, 0.25) is 5.76 Å². The zero-order valence-corrected chi connectivity index (χ0v) is 15.9. The number of esters is 1. The van der Waals surface area contributed by atoms with Crippen molar-refractivity contribution in [3.8, 4) is 11.5 Å². The molecule has 3 rings (SSSR count). The van der Waals surface area contributed by atoms with Gasteiger partial charge in [0.15, 0.2) is 17.6 Å². The predicted molar refractivity (Wildman–Crippen MR) is 102 cm³/mol. The number of methoxy groups -OCH3 is 2. The molecule has 28 heavy (non-hydrogen) atoms. The first-order valence-corrected chi connectivity index (χ1v) is 8.70. The van der Waals surface area contributed by atoms with E-state index in [0.717, 1.165) is 10.9 Å². The van der Waals surface area contributed by atoms with Crippen LogP contribution in [0.1, 0.15) is 23.0 Å². The zero-order chi connectivity index (χ0) is 20.1. The van der Waals surface area contributed by atoms with Gasteiger partial charge in [-0.1, -0.05) is 24.3 Å². The van der Waals surface area contributed by atoms with Crippen LogP contribution in [0.25, 0.3) is 11.0 Å². The van der Waals surface area contributed by atoms with Crippen molar-refractivity contribution in [1.82, 2.24) is 5.32 Å². The monoisotopic (exact) mass is 383 g/mol. The van der Waals surface area contributed by atoms with Crippen molar-refractivity contribution in [2.45, 2.75) is 19.6 Å². The second kappa shape index (κ2) is 8.47. The summed E-state index contributed by atoms with van der Waals surface area (Å²) in [4.78, 5) is 24.5. The summed E-state index contributed by atoms with van der Waals surface area (Å²) in [5.74, 6) is 0.120. The van der Waals surface area contributed by atoms with Gasteiger partial charge in [0.1, 0.15) is 5.58 Å². The number of hydrogen-bond donors (Lipinski definition) is 1. The molecule has 0 aliphatic rings. The molecular weight excluding hydrogens is 362 g/mol. The number of nitrogens with one attached hydrogen (secondary N) is 1. The molecule has 7 heteroatoms. The lowest BCUT2D eigenvalue weighted by atomic mass is 10.2. The maximum Gasteiger partial charge on any atom is 0.375 e. The number of fused-ring (bicyclic) bond motifs is 1. The molecule has 0 aliphatic heterocycles. The molecule has 0 aliphatic carbocycles. The molecule has 0 saturated carbocycles. The highest BCUT2D eigenvalue weighted by atomic mass is 16.6. The molecule has 0 saturated heterocycles. The smallest absolute Gasteiger partial charge is 0.375 e. The zero-order valence-electron chi connectivity index (χ0n) is 15.9. The lowest BCUT2D eigenvalue weighted by Crippen LogP contribution is -2.35. The van der Waals surface area contributed by atoms with Crippen LogP contribution in [0.4, 0.5) is 0 Å². The van der Waals surface area contributed by atoms with Gasteiger partial charge in [-0.05, 0) is 36.8 Å². The topological polar surface area (TPSA) is 87.0 Å². The Morgan fingerprint density at radius 2 is 1.79 bits per heavy atom. The van der Waals surface area contributed by atoms with Crippen molar-refractivity contribution >= 4 is 22.8 Å². The van der Waals surface area contributed by atoms with Gasteiger partial charge in [-0.15, -0.1) is 0 Å². The molecule has 0 radical (unpaired) electrons. The first-order valence-electron chi connectivity index (χ1n) is 8.70. The highest BCUT2D eigenvalue weighted by molar-refractivity contribution is 5.94. The van der Waals surface area contributed by atoms with Crippen LogP contribution in [-0.2, 0) is 16.1 Å². The number of hydrogen-bond acceptors (Lipinski definition) is 6.